The van der Waals surface area contributed by atoms with E-state index in [9.17, 15) is 5.11 Å². The predicted octanol–water partition coefficient (Wildman–Crippen LogP) is 1.42. The van der Waals surface area contributed by atoms with Crippen LogP contribution in [0, 0.1) is 0 Å². The number of pyridine rings is 1. The number of β-amino-alcohol motifs (C(OH)–C–C–N with tert-alkyl or cyclic N) is 1. The Morgan fingerprint density at radius 2 is 2.14 bits per heavy atom. The average molecular weight is 293 g/mol. The van der Waals surface area contributed by atoms with Crippen LogP contribution in [0.2, 0.25) is 0 Å². The van der Waals surface area contributed by atoms with Crippen molar-refractivity contribution in [3.05, 3.63) is 23.9 Å². The Morgan fingerprint density at radius 3 is 2.86 bits per heavy atom. The summed E-state index contributed by atoms with van der Waals surface area (Å²) in [6, 6.07) is 3.91. The molecule has 5 heteroatoms. The Hall–Kier alpha value is -1.17. The van der Waals surface area contributed by atoms with Gasteiger partial charge in [0.1, 0.15) is 0 Å². The van der Waals surface area contributed by atoms with Crippen molar-refractivity contribution < 1.29 is 9.84 Å². The van der Waals surface area contributed by atoms with E-state index in [0.717, 1.165) is 25.2 Å². The second-order valence-corrected chi connectivity index (χ2v) is 5.93. The van der Waals surface area contributed by atoms with Gasteiger partial charge in [0.15, 0.2) is 0 Å². The SMILES string of the molecule is CC(C)Oc1ncccc1CNCC(O)CN1CCCC1. The Kier molecular flexibility index (Phi) is 6.42. The molecule has 21 heavy (non-hydrogen) atoms. The number of hydrogen-bond donors (Lipinski definition) is 2. The van der Waals surface area contributed by atoms with Gasteiger partial charge in [0.2, 0.25) is 5.88 Å². The number of hydrogen-bond acceptors (Lipinski definition) is 5. The second-order valence-electron chi connectivity index (χ2n) is 5.93. The fraction of sp³-hybridized carbons (Fsp3) is 0.688. The summed E-state index contributed by atoms with van der Waals surface area (Å²) in [5.74, 6) is 0.675. The third-order valence-corrected chi connectivity index (χ3v) is 3.56. The summed E-state index contributed by atoms with van der Waals surface area (Å²) >= 11 is 0. The quantitative estimate of drug-likeness (QED) is 0.759. The van der Waals surface area contributed by atoms with E-state index in [1.807, 2.05) is 26.0 Å². The molecule has 0 bridgehead atoms. The van der Waals surface area contributed by atoms with Crippen LogP contribution in [-0.2, 0) is 6.54 Å². The fourth-order valence-corrected chi connectivity index (χ4v) is 2.59. The zero-order valence-corrected chi connectivity index (χ0v) is 13.1. The zero-order chi connectivity index (χ0) is 15.1. The summed E-state index contributed by atoms with van der Waals surface area (Å²) in [5, 5.41) is 13.3. The van der Waals surface area contributed by atoms with Crippen molar-refractivity contribution in [2.75, 3.05) is 26.2 Å². The topological polar surface area (TPSA) is 57.6 Å². The molecule has 0 radical (unpaired) electrons. The van der Waals surface area contributed by atoms with Gasteiger partial charge in [0, 0.05) is 31.4 Å². The van der Waals surface area contributed by atoms with Crippen molar-refractivity contribution in [1.82, 2.24) is 15.2 Å². The maximum atomic E-state index is 10.1. The van der Waals surface area contributed by atoms with Crippen molar-refractivity contribution >= 4 is 0 Å². The molecule has 2 rings (SSSR count). The van der Waals surface area contributed by atoms with Gasteiger partial charge in [-0.15, -0.1) is 0 Å². The average Bonchev–Trinajstić information content (AvgIpc) is 2.93. The van der Waals surface area contributed by atoms with Crippen molar-refractivity contribution in [1.29, 1.82) is 0 Å². The van der Waals surface area contributed by atoms with E-state index < -0.39 is 0 Å². The molecular formula is C16H27N3O2. The summed E-state index contributed by atoms with van der Waals surface area (Å²) in [5.41, 5.74) is 1.03. The van der Waals surface area contributed by atoms with Crippen LogP contribution in [0.25, 0.3) is 0 Å². The molecule has 5 nitrogen and oxygen atoms in total. The number of aliphatic hydroxyl groups excluding tert-OH is 1. The third kappa shape index (κ3) is 5.61. The molecule has 0 spiro atoms. The van der Waals surface area contributed by atoms with E-state index in [2.05, 4.69) is 15.2 Å². The molecule has 1 aliphatic rings. The van der Waals surface area contributed by atoms with E-state index >= 15 is 0 Å². The first-order valence-corrected chi connectivity index (χ1v) is 7.87. The number of likely N-dealkylation sites (tertiary alicyclic amines) is 1. The lowest BCUT2D eigenvalue weighted by atomic mass is 10.2. The summed E-state index contributed by atoms with van der Waals surface area (Å²) in [4.78, 5) is 6.59. The molecule has 1 fully saturated rings. The number of nitrogens with one attached hydrogen (secondary N) is 1. The lowest BCUT2D eigenvalue weighted by Crippen LogP contribution is -2.36. The van der Waals surface area contributed by atoms with Crippen LogP contribution in [0.4, 0.5) is 0 Å². The van der Waals surface area contributed by atoms with Crippen LogP contribution in [0.5, 0.6) is 5.88 Å². The van der Waals surface area contributed by atoms with Gasteiger partial charge in [-0.25, -0.2) is 4.98 Å². The van der Waals surface area contributed by atoms with Crippen molar-refractivity contribution in [3.63, 3.8) is 0 Å². The fourth-order valence-electron chi connectivity index (χ4n) is 2.59. The third-order valence-electron chi connectivity index (χ3n) is 3.56. The van der Waals surface area contributed by atoms with Crippen LogP contribution in [-0.4, -0.2) is 53.4 Å². The summed E-state index contributed by atoms with van der Waals surface area (Å²) in [6.45, 7) is 8.23. The normalized spacial score (nSPS) is 17.3. The Balaban J connectivity index is 1.74. The molecule has 2 N–H and O–H groups in total. The highest BCUT2D eigenvalue weighted by Gasteiger charge is 2.15. The van der Waals surface area contributed by atoms with Gasteiger partial charge in [0.05, 0.1) is 12.2 Å². The maximum Gasteiger partial charge on any atom is 0.218 e. The molecule has 118 valence electrons. The second kappa shape index (κ2) is 8.32. The van der Waals surface area contributed by atoms with Crippen LogP contribution in [0.3, 0.4) is 0 Å². The molecule has 1 atom stereocenters. The monoisotopic (exact) mass is 293 g/mol. The van der Waals surface area contributed by atoms with E-state index in [1.165, 1.54) is 12.8 Å². The first-order valence-electron chi connectivity index (χ1n) is 7.87. The Morgan fingerprint density at radius 1 is 1.38 bits per heavy atom. The minimum absolute atomic E-state index is 0.111. The van der Waals surface area contributed by atoms with E-state index in [0.29, 0.717) is 19.0 Å². The molecule has 0 aromatic carbocycles. The lowest BCUT2D eigenvalue weighted by Gasteiger charge is -2.20. The summed E-state index contributed by atoms with van der Waals surface area (Å²) in [7, 11) is 0. The predicted molar refractivity (Wildman–Crippen MR) is 83.4 cm³/mol. The van der Waals surface area contributed by atoms with Crippen LogP contribution in [0.1, 0.15) is 32.3 Å². The highest BCUT2D eigenvalue weighted by molar-refractivity contribution is 5.25. The molecular weight excluding hydrogens is 266 g/mol. The molecule has 2 heterocycles. The number of aliphatic hydroxyl groups is 1. The van der Waals surface area contributed by atoms with Crippen LogP contribution in [0.15, 0.2) is 18.3 Å². The zero-order valence-electron chi connectivity index (χ0n) is 13.1. The first-order chi connectivity index (χ1) is 10.1. The minimum atomic E-state index is -0.325. The lowest BCUT2D eigenvalue weighted by molar-refractivity contribution is 0.123. The standard InChI is InChI=1S/C16H27N3O2/c1-13(2)21-16-14(6-5-7-18-16)10-17-11-15(20)12-19-8-3-4-9-19/h5-7,13,15,17,20H,3-4,8-12H2,1-2H3. The number of aromatic nitrogens is 1. The van der Waals surface area contributed by atoms with Gasteiger partial charge < -0.3 is 20.1 Å². The minimum Gasteiger partial charge on any atom is -0.475 e. The van der Waals surface area contributed by atoms with Crippen LogP contribution < -0.4 is 10.1 Å². The maximum absolute atomic E-state index is 10.1. The first kappa shape index (κ1) is 16.2. The number of nitrogens with zero attached hydrogens (tertiary/aromatic N) is 2. The van der Waals surface area contributed by atoms with E-state index in [-0.39, 0.29) is 12.2 Å². The largest absolute Gasteiger partial charge is 0.475 e. The summed E-state index contributed by atoms with van der Waals surface area (Å²) < 4.78 is 5.69. The molecule has 1 unspecified atom stereocenters. The summed E-state index contributed by atoms with van der Waals surface area (Å²) in [6.07, 6.45) is 4.04. The van der Waals surface area contributed by atoms with Gasteiger partial charge in [-0.05, 0) is 45.8 Å². The smallest absolute Gasteiger partial charge is 0.218 e. The van der Waals surface area contributed by atoms with Gasteiger partial charge in [0.25, 0.3) is 0 Å². The number of ether oxygens (including phenoxy) is 1. The van der Waals surface area contributed by atoms with Crippen LogP contribution >= 0.6 is 0 Å². The molecule has 1 saturated heterocycles. The molecule has 0 amide bonds. The Labute approximate surface area is 127 Å². The Bertz CT molecular complexity index is 420. The van der Waals surface area contributed by atoms with Gasteiger partial charge >= 0.3 is 0 Å². The number of rotatable bonds is 8. The molecule has 0 aliphatic carbocycles. The van der Waals surface area contributed by atoms with Gasteiger partial charge in [-0.3, -0.25) is 0 Å². The molecule has 1 aromatic rings. The molecule has 1 aromatic heterocycles. The molecule has 1 aliphatic heterocycles. The highest BCUT2D eigenvalue weighted by atomic mass is 16.5. The van der Waals surface area contributed by atoms with Gasteiger partial charge in [-0.1, -0.05) is 6.07 Å². The van der Waals surface area contributed by atoms with E-state index in [1.54, 1.807) is 6.20 Å². The highest BCUT2D eigenvalue weighted by Crippen LogP contribution is 2.15. The van der Waals surface area contributed by atoms with Gasteiger partial charge in [-0.2, -0.15) is 0 Å². The van der Waals surface area contributed by atoms with Crippen molar-refractivity contribution in [2.45, 2.75) is 45.4 Å². The molecule has 0 saturated carbocycles. The van der Waals surface area contributed by atoms with Crippen molar-refractivity contribution in [3.8, 4) is 5.88 Å². The van der Waals surface area contributed by atoms with E-state index in [4.69, 9.17) is 4.74 Å². The van der Waals surface area contributed by atoms with Crippen molar-refractivity contribution in [2.24, 2.45) is 0 Å².